The molecule has 0 fully saturated rings. The predicted octanol–water partition coefficient (Wildman–Crippen LogP) is 2.46. The monoisotopic (exact) mass is 329 g/mol. The maximum Gasteiger partial charge on any atom is 0.348 e. The van der Waals surface area contributed by atoms with E-state index in [0.29, 0.717) is 39.5 Å². The number of thiophene rings is 1. The largest absolute Gasteiger partial charge is 0.462 e. The summed E-state index contributed by atoms with van der Waals surface area (Å²) in [7, 11) is 0. The van der Waals surface area contributed by atoms with Gasteiger partial charge in [-0.05, 0) is 31.5 Å². The summed E-state index contributed by atoms with van der Waals surface area (Å²) in [5, 5.41) is 0.447. The fraction of sp³-hybridized carbons (Fsp3) is 0.250. The maximum atomic E-state index is 12.3. The Morgan fingerprint density at radius 2 is 2.22 bits per heavy atom. The molecule has 0 aliphatic rings. The molecule has 1 N–H and O–H groups in total. The lowest BCUT2D eigenvalue weighted by Gasteiger charge is -2.00. The van der Waals surface area contributed by atoms with Gasteiger partial charge in [-0.15, -0.1) is 11.3 Å². The number of hydrogen-bond acceptors (Lipinski definition) is 6. The van der Waals surface area contributed by atoms with E-state index in [1.54, 1.807) is 20.0 Å². The minimum atomic E-state index is -0.418. The van der Waals surface area contributed by atoms with Crippen LogP contribution in [0.15, 0.2) is 29.2 Å². The van der Waals surface area contributed by atoms with Crippen molar-refractivity contribution in [2.24, 2.45) is 0 Å². The van der Waals surface area contributed by atoms with Gasteiger partial charge in [0, 0.05) is 18.3 Å². The summed E-state index contributed by atoms with van der Waals surface area (Å²) in [6, 6.07) is 5.58. The first-order valence-corrected chi connectivity index (χ1v) is 8.01. The quantitative estimate of drug-likeness (QED) is 0.743. The SMILES string of the molecule is CCOC(=O)c1sc2nc(Cc3ccccn3)[nH]c(=O)c2c1C. The van der Waals surface area contributed by atoms with Crippen LogP contribution in [0.25, 0.3) is 10.2 Å². The van der Waals surface area contributed by atoms with Gasteiger partial charge in [0.05, 0.1) is 12.0 Å². The molecule has 0 aromatic carbocycles. The number of H-pyrrole nitrogens is 1. The molecular formula is C16H15N3O3S. The third-order valence-electron chi connectivity index (χ3n) is 3.39. The van der Waals surface area contributed by atoms with Crippen LogP contribution in [0.5, 0.6) is 0 Å². The molecule has 0 unspecified atom stereocenters. The molecule has 3 aromatic heterocycles. The van der Waals surface area contributed by atoms with Gasteiger partial charge in [0.2, 0.25) is 0 Å². The Balaban J connectivity index is 2.05. The molecule has 0 spiro atoms. The molecule has 118 valence electrons. The van der Waals surface area contributed by atoms with Gasteiger partial charge >= 0.3 is 5.97 Å². The number of ether oxygens (including phenoxy) is 1. The first-order chi connectivity index (χ1) is 11.1. The molecule has 0 aliphatic carbocycles. The number of nitrogens with one attached hydrogen (secondary N) is 1. The Kier molecular flexibility index (Phi) is 4.20. The number of aromatic nitrogens is 3. The third-order valence-corrected chi connectivity index (χ3v) is 4.55. The third kappa shape index (κ3) is 3.00. The number of carbonyl (C=O) groups excluding carboxylic acids is 1. The second-order valence-corrected chi connectivity index (χ2v) is 5.97. The van der Waals surface area contributed by atoms with Gasteiger partial charge in [-0.3, -0.25) is 9.78 Å². The molecule has 7 heteroatoms. The van der Waals surface area contributed by atoms with Crippen LogP contribution < -0.4 is 5.56 Å². The van der Waals surface area contributed by atoms with Crippen LogP contribution in [-0.4, -0.2) is 27.5 Å². The van der Waals surface area contributed by atoms with Crippen LogP contribution >= 0.6 is 11.3 Å². The second-order valence-electron chi connectivity index (χ2n) is 4.97. The molecule has 6 nitrogen and oxygen atoms in total. The summed E-state index contributed by atoms with van der Waals surface area (Å²) in [6.07, 6.45) is 2.12. The summed E-state index contributed by atoms with van der Waals surface area (Å²) in [6.45, 7) is 3.78. The highest BCUT2D eigenvalue weighted by atomic mass is 32.1. The van der Waals surface area contributed by atoms with Crippen LogP contribution in [0.1, 0.15) is 33.7 Å². The minimum Gasteiger partial charge on any atom is -0.462 e. The van der Waals surface area contributed by atoms with Crippen molar-refractivity contribution in [3.8, 4) is 0 Å². The van der Waals surface area contributed by atoms with E-state index in [0.717, 1.165) is 5.69 Å². The van der Waals surface area contributed by atoms with Crippen LogP contribution in [0.3, 0.4) is 0 Å². The Hall–Kier alpha value is -2.54. The molecule has 0 bridgehead atoms. The van der Waals surface area contributed by atoms with Crippen molar-refractivity contribution < 1.29 is 9.53 Å². The lowest BCUT2D eigenvalue weighted by molar-refractivity contribution is 0.0531. The first kappa shape index (κ1) is 15.4. The van der Waals surface area contributed by atoms with E-state index in [2.05, 4.69) is 15.0 Å². The van der Waals surface area contributed by atoms with Crippen LogP contribution in [0.2, 0.25) is 0 Å². The zero-order valence-corrected chi connectivity index (χ0v) is 13.6. The van der Waals surface area contributed by atoms with Crippen molar-refractivity contribution in [3.63, 3.8) is 0 Å². The van der Waals surface area contributed by atoms with Gasteiger partial charge in [-0.1, -0.05) is 6.07 Å². The van der Waals surface area contributed by atoms with E-state index in [9.17, 15) is 9.59 Å². The highest BCUT2D eigenvalue weighted by molar-refractivity contribution is 7.20. The number of rotatable bonds is 4. The molecule has 0 radical (unpaired) electrons. The van der Waals surface area contributed by atoms with E-state index >= 15 is 0 Å². The molecule has 0 amide bonds. The highest BCUT2D eigenvalue weighted by Gasteiger charge is 2.20. The van der Waals surface area contributed by atoms with Crippen molar-refractivity contribution in [1.29, 1.82) is 0 Å². The number of carbonyl (C=O) groups is 1. The number of aryl methyl sites for hydroxylation is 1. The lowest BCUT2D eigenvalue weighted by atomic mass is 10.2. The Morgan fingerprint density at radius 3 is 2.91 bits per heavy atom. The van der Waals surface area contributed by atoms with E-state index in [-0.39, 0.29) is 5.56 Å². The predicted molar refractivity (Wildman–Crippen MR) is 88.0 cm³/mol. The van der Waals surface area contributed by atoms with E-state index in [4.69, 9.17) is 4.74 Å². The maximum absolute atomic E-state index is 12.3. The summed E-state index contributed by atoms with van der Waals surface area (Å²) in [5.41, 5.74) is 1.18. The zero-order valence-electron chi connectivity index (χ0n) is 12.8. The Labute approximate surface area is 136 Å². The number of hydrogen-bond donors (Lipinski definition) is 1. The molecule has 0 atom stereocenters. The summed E-state index contributed by atoms with van der Waals surface area (Å²) < 4.78 is 5.03. The Bertz CT molecular complexity index is 915. The number of nitrogens with zero attached hydrogens (tertiary/aromatic N) is 2. The van der Waals surface area contributed by atoms with Crippen molar-refractivity contribution in [3.05, 3.63) is 56.7 Å². The minimum absolute atomic E-state index is 0.245. The molecule has 0 aliphatic heterocycles. The highest BCUT2D eigenvalue weighted by Crippen LogP contribution is 2.27. The Morgan fingerprint density at radius 1 is 1.39 bits per heavy atom. The zero-order chi connectivity index (χ0) is 16.4. The van der Waals surface area contributed by atoms with Gasteiger partial charge in [-0.2, -0.15) is 0 Å². The molecule has 3 rings (SSSR count). The van der Waals surface area contributed by atoms with Gasteiger partial charge < -0.3 is 9.72 Å². The number of pyridine rings is 1. The van der Waals surface area contributed by atoms with E-state index in [1.807, 2.05) is 18.2 Å². The average Bonchev–Trinajstić information content (AvgIpc) is 2.86. The lowest BCUT2D eigenvalue weighted by Crippen LogP contribution is -2.12. The van der Waals surface area contributed by atoms with Crippen molar-refractivity contribution in [1.82, 2.24) is 15.0 Å². The summed E-state index contributed by atoms with van der Waals surface area (Å²) >= 11 is 1.18. The van der Waals surface area contributed by atoms with E-state index < -0.39 is 5.97 Å². The standard InChI is InChI=1S/C16H15N3O3S/c1-3-22-16(21)13-9(2)12-14(20)18-11(19-15(12)23-13)8-10-6-4-5-7-17-10/h4-7H,3,8H2,1-2H3,(H,18,19,20). The van der Waals surface area contributed by atoms with Crippen LogP contribution in [-0.2, 0) is 11.2 Å². The fourth-order valence-electron chi connectivity index (χ4n) is 2.34. The number of esters is 1. The second kappa shape index (κ2) is 6.29. The first-order valence-electron chi connectivity index (χ1n) is 7.19. The smallest absolute Gasteiger partial charge is 0.348 e. The normalized spacial score (nSPS) is 10.9. The molecule has 0 saturated carbocycles. The number of fused-ring (bicyclic) bond motifs is 1. The molecule has 0 saturated heterocycles. The summed E-state index contributed by atoms with van der Waals surface area (Å²) in [5.74, 6) is 0.108. The number of aromatic amines is 1. The van der Waals surface area contributed by atoms with Gasteiger partial charge in [0.15, 0.2) is 0 Å². The topological polar surface area (TPSA) is 84.9 Å². The van der Waals surface area contributed by atoms with Crippen molar-refractivity contribution in [2.45, 2.75) is 20.3 Å². The summed E-state index contributed by atoms with van der Waals surface area (Å²) in [4.78, 5) is 36.7. The molecular weight excluding hydrogens is 314 g/mol. The molecule has 23 heavy (non-hydrogen) atoms. The van der Waals surface area contributed by atoms with Crippen molar-refractivity contribution in [2.75, 3.05) is 6.61 Å². The van der Waals surface area contributed by atoms with Crippen LogP contribution in [0, 0.1) is 6.92 Å². The van der Waals surface area contributed by atoms with Crippen molar-refractivity contribution >= 4 is 27.5 Å². The van der Waals surface area contributed by atoms with Crippen LogP contribution in [0.4, 0.5) is 0 Å². The van der Waals surface area contributed by atoms with Gasteiger partial charge in [0.1, 0.15) is 15.5 Å². The van der Waals surface area contributed by atoms with Gasteiger partial charge in [-0.25, -0.2) is 9.78 Å². The van der Waals surface area contributed by atoms with Gasteiger partial charge in [0.25, 0.3) is 5.56 Å². The average molecular weight is 329 g/mol. The molecule has 3 aromatic rings. The molecule has 3 heterocycles. The fourth-order valence-corrected chi connectivity index (χ4v) is 3.43. The van der Waals surface area contributed by atoms with E-state index in [1.165, 1.54) is 11.3 Å².